The Kier molecular flexibility index (Phi) is 7.95. The Hall–Kier alpha value is -2.37. The molecule has 0 aliphatic heterocycles. The van der Waals surface area contributed by atoms with Crippen LogP contribution in [0.15, 0.2) is 58.9 Å². The quantitative estimate of drug-likeness (QED) is 0.177. The first kappa shape index (κ1) is 19.7. The summed E-state index contributed by atoms with van der Waals surface area (Å²) in [4.78, 5) is 12.0. The fourth-order valence-corrected chi connectivity index (χ4v) is 1.98. The van der Waals surface area contributed by atoms with Gasteiger partial charge >= 0.3 is 0 Å². The molecule has 1 amide bonds. The number of carbonyl (C=O) groups is 1. The molecule has 1 aromatic carbocycles. The monoisotopic (exact) mass is 348 g/mol. The molecule has 0 aromatic heterocycles. The van der Waals surface area contributed by atoms with Crippen molar-refractivity contribution in [3.05, 3.63) is 65.0 Å². The predicted molar refractivity (Wildman–Crippen MR) is 98.1 cm³/mol. The molecule has 6 heteroatoms. The molecular weight excluding hydrogens is 328 g/mol. The Morgan fingerprint density at radius 3 is 2.67 bits per heavy atom. The molecule has 0 aliphatic carbocycles. The van der Waals surface area contributed by atoms with Gasteiger partial charge < -0.3 is 10.2 Å². The van der Waals surface area contributed by atoms with Crippen molar-refractivity contribution < 1.29 is 15.0 Å². The highest BCUT2D eigenvalue weighted by molar-refractivity contribution is 6.19. The third-order valence-electron chi connectivity index (χ3n) is 3.35. The fourth-order valence-electron chi connectivity index (χ4n) is 1.79. The summed E-state index contributed by atoms with van der Waals surface area (Å²) in [5.74, 6) is -0.656. The summed E-state index contributed by atoms with van der Waals surface area (Å²) in [7, 11) is 0. The number of amides is 1. The van der Waals surface area contributed by atoms with Gasteiger partial charge in [-0.05, 0) is 36.6 Å². The van der Waals surface area contributed by atoms with Crippen LogP contribution in [-0.4, -0.2) is 34.3 Å². The van der Waals surface area contributed by atoms with E-state index in [9.17, 15) is 15.0 Å². The van der Waals surface area contributed by atoms with Gasteiger partial charge in [0.25, 0.3) is 5.91 Å². The Morgan fingerprint density at radius 1 is 1.42 bits per heavy atom. The van der Waals surface area contributed by atoms with Crippen LogP contribution in [0.5, 0.6) is 0 Å². The summed E-state index contributed by atoms with van der Waals surface area (Å²) in [5.41, 5.74) is 4.86. The number of nitrogens with zero attached hydrogens (tertiary/aromatic N) is 1. The number of hydrogen-bond acceptors (Lipinski definition) is 4. The molecule has 0 radical (unpaired) electrons. The van der Waals surface area contributed by atoms with Crippen LogP contribution in [0.4, 0.5) is 0 Å². The molecule has 5 nitrogen and oxygen atoms in total. The zero-order valence-electron chi connectivity index (χ0n) is 13.7. The highest BCUT2D eigenvalue weighted by Crippen LogP contribution is 2.14. The van der Waals surface area contributed by atoms with Gasteiger partial charge in [-0.15, -0.1) is 11.6 Å². The molecule has 1 rings (SSSR count). The number of aliphatic hydroxyl groups is 2. The number of carbonyl (C=O) groups excluding carboxylic acids is 1. The molecule has 24 heavy (non-hydrogen) atoms. The molecule has 0 saturated heterocycles. The molecule has 1 aromatic rings. The Morgan fingerprint density at radius 2 is 2.08 bits per heavy atom. The fraction of sp³-hybridized carbons (Fsp3) is 0.222. The number of benzene rings is 1. The first-order valence-electron chi connectivity index (χ1n) is 7.27. The van der Waals surface area contributed by atoms with Crippen LogP contribution in [0.25, 0.3) is 6.08 Å². The first-order chi connectivity index (χ1) is 11.4. The lowest BCUT2D eigenvalue weighted by Gasteiger charge is -2.07. The smallest absolute Gasteiger partial charge is 0.274 e. The topological polar surface area (TPSA) is 81.9 Å². The van der Waals surface area contributed by atoms with Gasteiger partial charge in [0.1, 0.15) is 5.76 Å². The van der Waals surface area contributed by atoms with E-state index in [0.717, 1.165) is 11.1 Å². The van der Waals surface area contributed by atoms with Gasteiger partial charge in [0.15, 0.2) is 0 Å². The SMILES string of the molecule is C=C(C(=O)N/N=C(C)/C(=C/CCl)CO)/C(O)=C\c1ccccc1C. The summed E-state index contributed by atoms with van der Waals surface area (Å²) >= 11 is 5.58. The number of allylic oxidation sites excluding steroid dienone is 1. The molecule has 0 unspecified atom stereocenters. The zero-order valence-corrected chi connectivity index (χ0v) is 14.5. The molecule has 0 bridgehead atoms. The summed E-state index contributed by atoms with van der Waals surface area (Å²) < 4.78 is 0. The van der Waals surface area contributed by atoms with Crippen molar-refractivity contribution in [3.8, 4) is 0 Å². The summed E-state index contributed by atoms with van der Waals surface area (Å²) in [6, 6.07) is 7.44. The lowest BCUT2D eigenvalue weighted by Crippen LogP contribution is -2.22. The second-order valence-electron chi connectivity index (χ2n) is 5.04. The van der Waals surface area contributed by atoms with Crippen LogP contribution in [-0.2, 0) is 4.79 Å². The number of hydrogen-bond donors (Lipinski definition) is 3. The van der Waals surface area contributed by atoms with Crippen molar-refractivity contribution in [2.45, 2.75) is 13.8 Å². The third-order valence-corrected chi connectivity index (χ3v) is 3.50. The average Bonchev–Trinajstić information content (AvgIpc) is 2.58. The van der Waals surface area contributed by atoms with E-state index >= 15 is 0 Å². The molecule has 0 heterocycles. The lowest BCUT2D eigenvalue weighted by atomic mass is 10.1. The minimum atomic E-state index is -0.639. The van der Waals surface area contributed by atoms with Crippen molar-refractivity contribution >= 4 is 29.3 Å². The van der Waals surface area contributed by atoms with Crippen molar-refractivity contribution in [1.29, 1.82) is 0 Å². The minimum absolute atomic E-state index is 0.110. The molecule has 0 saturated carbocycles. The van der Waals surface area contributed by atoms with Gasteiger partial charge in [-0.3, -0.25) is 4.79 Å². The van der Waals surface area contributed by atoms with Crippen LogP contribution in [0.1, 0.15) is 18.1 Å². The van der Waals surface area contributed by atoms with E-state index in [2.05, 4.69) is 17.1 Å². The van der Waals surface area contributed by atoms with E-state index in [0.29, 0.717) is 11.3 Å². The number of alkyl halides is 1. The van der Waals surface area contributed by atoms with Crippen molar-refractivity contribution in [3.63, 3.8) is 0 Å². The molecule has 0 atom stereocenters. The van der Waals surface area contributed by atoms with E-state index in [1.165, 1.54) is 6.08 Å². The highest BCUT2D eigenvalue weighted by atomic mass is 35.5. The van der Waals surface area contributed by atoms with Crippen molar-refractivity contribution in [1.82, 2.24) is 5.43 Å². The lowest BCUT2D eigenvalue weighted by molar-refractivity contribution is -0.117. The van der Waals surface area contributed by atoms with Gasteiger partial charge in [0, 0.05) is 5.88 Å². The van der Waals surface area contributed by atoms with Crippen molar-refractivity contribution in [2.24, 2.45) is 5.10 Å². The van der Waals surface area contributed by atoms with Gasteiger partial charge in [0.05, 0.1) is 17.9 Å². The summed E-state index contributed by atoms with van der Waals surface area (Å²) in [5, 5.41) is 23.1. The first-order valence-corrected chi connectivity index (χ1v) is 7.80. The van der Waals surface area contributed by atoms with Crippen molar-refractivity contribution in [2.75, 3.05) is 12.5 Å². The van der Waals surface area contributed by atoms with E-state index in [1.807, 2.05) is 31.2 Å². The number of rotatable bonds is 7. The van der Waals surface area contributed by atoms with E-state index in [1.54, 1.807) is 13.0 Å². The minimum Gasteiger partial charge on any atom is -0.507 e. The normalized spacial score (nSPS) is 12.9. The maximum absolute atomic E-state index is 12.0. The van der Waals surface area contributed by atoms with Gasteiger partial charge in [-0.1, -0.05) is 36.9 Å². The second kappa shape index (κ2) is 9.70. The van der Waals surface area contributed by atoms with E-state index in [4.69, 9.17) is 11.6 Å². The maximum Gasteiger partial charge on any atom is 0.274 e. The molecule has 0 aliphatic rings. The van der Waals surface area contributed by atoms with E-state index < -0.39 is 5.91 Å². The van der Waals surface area contributed by atoms with Crippen LogP contribution in [0.3, 0.4) is 0 Å². The van der Waals surface area contributed by atoms with Crippen LogP contribution in [0.2, 0.25) is 0 Å². The van der Waals surface area contributed by atoms with Crippen LogP contribution < -0.4 is 5.43 Å². The maximum atomic E-state index is 12.0. The predicted octanol–water partition coefficient (Wildman–Crippen LogP) is 3.10. The molecule has 0 spiro atoms. The second-order valence-corrected chi connectivity index (χ2v) is 5.35. The largest absolute Gasteiger partial charge is 0.507 e. The summed E-state index contributed by atoms with van der Waals surface area (Å²) in [6.07, 6.45) is 3.07. The summed E-state index contributed by atoms with van der Waals surface area (Å²) in [6.45, 7) is 6.86. The Labute approximate surface area is 146 Å². The van der Waals surface area contributed by atoms with Crippen LogP contribution in [0, 0.1) is 6.92 Å². The van der Waals surface area contributed by atoms with Gasteiger partial charge in [0.2, 0.25) is 0 Å². The number of aryl methyl sites for hydroxylation is 1. The molecule has 0 fully saturated rings. The number of halogens is 1. The molecular formula is C18H21ClN2O3. The number of nitrogens with one attached hydrogen (secondary N) is 1. The number of hydrazone groups is 1. The van der Waals surface area contributed by atoms with E-state index in [-0.39, 0.29) is 23.8 Å². The number of aliphatic hydroxyl groups excluding tert-OH is 2. The average molecular weight is 349 g/mol. The standard InChI is InChI=1S/C18H21ClN2O3/c1-12-6-4-5-7-15(12)10-17(23)13(2)18(24)21-20-14(3)16(11-22)8-9-19/h4-8,10,22-23H,2,9,11H2,1,3H3,(H,21,24)/b16-8+,17-10+,20-14+. The Balaban J connectivity index is 2.83. The van der Waals surface area contributed by atoms with Gasteiger partial charge in [-0.25, -0.2) is 5.43 Å². The molecule has 3 N–H and O–H groups in total. The van der Waals surface area contributed by atoms with Gasteiger partial charge in [-0.2, -0.15) is 5.10 Å². The zero-order chi connectivity index (χ0) is 18.1. The Bertz CT molecular complexity index is 706. The third kappa shape index (κ3) is 5.68. The van der Waals surface area contributed by atoms with Crippen LogP contribution >= 0.6 is 11.6 Å². The highest BCUT2D eigenvalue weighted by Gasteiger charge is 2.11. The molecule has 128 valence electrons.